The number of anilines is 2. The molecule has 0 heterocycles. The molecule has 2 aromatic carbocycles. The van der Waals surface area contributed by atoms with Gasteiger partial charge in [0.05, 0.1) is 28.9 Å². The molecule has 0 aromatic heterocycles. The summed E-state index contributed by atoms with van der Waals surface area (Å²) in [5, 5.41) is 4.58. The van der Waals surface area contributed by atoms with E-state index in [0.717, 1.165) is 18.2 Å². The second-order valence-corrected chi connectivity index (χ2v) is 5.25. The van der Waals surface area contributed by atoms with E-state index in [9.17, 15) is 22.8 Å². The van der Waals surface area contributed by atoms with E-state index in [1.54, 1.807) is 0 Å². The predicted octanol–water partition coefficient (Wildman–Crippen LogP) is 4.79. The maximum atomic E-state index is 12.7. The Morgan fingerprint density at radius 2 is 1.80 bits per heavy atom. The van der Waals surface area contributed by atoms with Crippen molar-refractivity contribution < 1.29 is 27.5 Å². The highest BCUT2D eigenvalue weighted by Gasteiger charge is 2.31. The van der Waals surface area contributed by atoms with Crippen LogP contribution in [-0.2, 0) is 10.9 Å². The van der Waals surface area contributed by atoms with Crippen molar-refractivity contribution in [1.29, 1.82) is 0 Å². The van der Waals surface area contributed by atoms with Gasteiger partial charge in [-0.1, -0.05) is 17.7 Å². The summed E-state index contributed by atoms with van der Waals surface area (Å²) in [6, 6.07) is 7.62. The molecule has 0 saturated carbocycles. The molecular formula is C16H12ClF3N2O3. The van der Waals surface area contributed by atoms with Crippen LogP contribution in [0.5, 0.6) is 0 Å². The Balaban J connectivity index is 2.14. The van der Waals surface area contributed by atoms with Crippen molar-refractivity contribution in [3.63, 3.8) is 0 Å². The van der Waals surface area contributed by atoms with E-state index in [4.69, 9.17) is 11.6 Å². The van der Waals surface area contributed by atoms with Crippen LogP contribution in [0.3, 0.4) is 0 Å². The summed E-state index contributed by atoms with van der Waals surface area (Å²) in [4.78, 5) is 23.4. The zero-order valence-corrected chi connectivity index (χ0v) is 13.5. The Kier molecular flexibility index (Phi) is 5.53. The van der Waals surface area contributed by atoms with Crippen molar-refractivity contribution in [3.05, 3.63) is 58.6 Å². The van der Waals surface area contributed by atoms with Gasteiger partial charge in [0.15, 0.2) is 0 Å². The van der Waals surface area contributed by atoms with E-state index in [1.807, 2.05) is 0 Å². The molecule has 2 aromatic rings. The average molecular weight is 373 g/mol. The molecule has 2 rings (SSSR count). The van der Waals surface area contributed by atoms with Gasteiger partial charge in [-0.3, -0.25) is 0 Å². The lowest BCUT2D eigenvalue weighted by Crippen LogP contribution is -2.20. The van der Waals surface area contributed by atoms with Crippen LogP contribution in [-0.4, -0.2) is 19.1 Å². The van der Waals surface area contributed by atoms with Crippen molar-refractivity contribution in [2.24, 2.45) is 0 Å². The molecule has 0 spiro atoms. The highest BCUT2D eigenvalue weighted by Crippen LogP contribution is 2.33. The summed E-state index contributed by atoms with van der Waals surface area (Å²) in [5.74, 6) is -0.593. The maximum absolute atomic E-state index is 12.7. The van der Waals surface area contributed by atoms with Gasteiger partial charge < -0.3 is 15.4 Å². The van der Waals surface area contributed by atoms with Gasteiger partial charge in [0, 0.05) is 5.69 Å². The zero-order chi connectivity index (χ0) is 18.6. The van der Waals surface area contributed by atoms with Crippen molar-refractivity contribution in [3.8, 4) is 0 Å². The van der Waals surface area contributed by atoms with Crippen LogP contribution < -0.4 is 10.6 Å². The van der Waals surface area contributed by atoms with Crippen molar-refractivity contribution in [2.75, 3.05) is 17.7 Å². The first-order valence-corrected chi connectivity index (χ1v) is 7.21. The summed E-state index contributed by atoms with van der Waals surface area (Å²) in [6.45, 7) is 0. The van der Waals surface area contributed by atoms with E-state index in [1.165, 1.54) is 31.4 Å². The highest BCUT2D eigenvalue weighted by atomic mass is 35.5. The molecule has 0 aliphatic heterocycles. The number of carbonyl (C=O) groups excluding carboxylic acids is 2. The number of nitrogens with one attached hydrogen (secondary N) is 2. The molecule has 0 radical (unpaired) electrons. The van der Waals surface area contributed by atoms with Gasteiger partial charge in [-0.25, -0.2) is 9.59 Å². The summed E-state index contributed by atoms with van der Waals surface area (Å²) in [6.07, 6.45) is -4.56. The largest absolute Gasteiger partial charge is 0.465 e. The van der Waals surface area contributed by atoms with Crippen molar-refractivity contribution in [2.45, 2.75) is 6.18 Å². The first-order chi connectivity index (χ1) is 11.7. The molecule has 0 unspecified atom stereocenters. The first-order valence-electron chi connectivity index (χ1n) is 6.84. The number of ether oxygens (including phenoxy) is 1. The molecule has 25 heavy (non-hydrogen) atoms. The number of halogens is 4. The number of hydrogen-bond acceptors (Lipinski definition) is 3. The van der Waals surface area contributed by atoms with Crippen LogP contribution in [0.2, 0.25) is 5.02 Å². The number of rotatable bonds is 3. The van der Waals surface area contributed by atoms with Crippen molar-refractivity contribution in [1.82, 2.24) is 0 Å². The molecule has 0 aliphatic carbocycles. The Bertz CT molecular complexity index is 809. The van der Waals surface area contributed by atoms with Crippen molar-refractivity contribution >= 4 is 35.0 Å². The lowest BCUT2D eigenvalue weighted by Gasteiger charge is -2.12. The van der Waals surface area contributed by atoms with Gasteiger partial charge in [-0.2, -0.15) is 13.2 Å². The SMILES string of the molecule is COC(=O)c1cccc(NC(=O)Nc2cc(C(F)(F)F)ccc2Cl)c1. The van der Waals surface area contributed by atoms with Crippen LogP contribution >= 0.6 is 11.6 Å². The topological polar surface area (TPSA) is 67.4 Å². The number of urea groups is 1. The van der Waals surface area contributed by atoms with Gasteiger partial charge in [0.2, 0.25) is 0 Å². The number of esters is 1. The maximum Gasteiger partial charge on any atom is 0.416 e. The van der Waals surface area contributed by atoms with Gasteiger partial charge in [0.1, 0.15) is 0 Å². The van der Waals surface area contributed by atoms with Crippen LogP contribution in [0.1, 0.15) is 15.9 Å². The summed E-state index contributed by atoms with van der Waals surface area (Å²) >= 11 is 5.81. The average Bonchev–Trinajstić information content (AvgIpc) is 2.55. The molecular weight excluding hydrogens is 361 g/mol. The Hall–Kier alpha value is -2.74. The Morgan fingerprint density at radius 1 is 1.08 bits per heavy atom. The monoisotopic (exact) mass is 372 g/mol. The van der Waals surface area contributed by atoms with Gasteiger partial charge in [-0.05, 0) is 36.4 Å². The zero-order valence-electron chi connectivity index (χ0n) is 12.8. The van der Waals surface area contributed by atoms with Crippen LogP contribution in [0.4, 0.5) is 29.3 Å². The predicted molar refractivity (Wildman–Crippen MR) is 86.9 cm³/mol. The fourth-order valence-electron chi connectivity index (χ4n) is 1.92. The number of amides is 2. The fraction of sp³-hybridized carbons (Fsp3) is 0.125. The molecule has 132 valence electrons. The minimum absolute atomic E-state index is 0.0496. The third kappa shape index (κ3) is 4.87. The fourth-order valence-corrected chi connectivity index (χ4v) is 2.09. The number of methoxy groups -OCH3 is 1. The molecule has 0 saturated heterocycles. The smallest absolute Gasteiger partial charge is 0.416 e. The van der Waals surface area contributed by atoms with Crippen LogP contribution in [0.25, 0.3) is 0 Å². The molecule has 0 atom stereocenters. The summed E-state index contributed by atoms with van der Waals surface area (Å²) < 4.78 is 42.7. The lowest BCUT2D eigenvalue weighted by atomic mass is 10.2. The quantitative estimate of drug-likeness (QED) is 0.761. The number of alkyl halides is 3. The molecule has 0 bridgehead atoms. The van der Waals surface area contributed by atoms with Gasteiger partial charge in [-0.15, -0.1) is 0 Å². The Morgan fingerprint density at radius 3 is 2.44 bits per heavy atom. The van der Waals surface area contributed by atoms with E-state index in [-0.39, 0.29) is 22.0 Å². The third-order valence-corrected chi connectivity index (χ3v) is 3.41. The van der Waals surface area contributed by atoms with E-state index in [2.05, 4.69) is 15.4 Å². The molecule has 0 fully saturated rings. The second-order valence-electron chi connectivity index (χ2n) is 4.84. The van der Waals surface area contributed by atoms with E-state index in [0.29, 0.717) is 0 Å². The normalized spacial score (nSPS) is 10.9. The molecule has 0 aliphatic rings. The minimum atomic E-state index is -4.56. The highest BCUT2D eigenvalue weighted by molar-refractivity contribution is 6.33. The molecule has 2 N–H and O–H groups in total. The molecule has 2 amide bonds. The summed E-state index contributed by atoms with van der Waals surface area (Å²) in [7, 11) is 1.21. The Labute approximate surface area is 145 Å². The number of hydrogen-bond donors (Lipinski definition) is 2. The van der Waals surface area contributed by atoms with Gasteiger partial charge in [0.25, 0.3) is 0 Å². The molecule has 9 heteroatoms. The lowest BCUT2D eigenvalue weighted by molar-refractivity contribution is -0.137. The second kappa shape index (κ2) is 7.43. The molecule has 5 nitrogen and oxygen atoms in total. The van der Waals surface area contributed by atoms with E-state index < -0.39 is 23.7 Å². The van der Waals surface area contributed by atoms with Crippen LogP contribution in [0.15, 0.2) is 42.5 Å². The first kappa shape index (κ1) is 18.6. The number of carbonyl (C=O) groups is 2. The minimum Gasteiger partial charge on any atom is -0.465 e. The standard InChI is InChI=1S/C16H12ClF3N2O3/c1-25-14(23)9-3-2-4-11(7-9)21-15(24)22-13-8-10(16(18,19)20)5-6-12(13)17/h2-8H,1H3,(H2,21,22,24). The van der Waals surface area contributed by atoms with Crippen LogP contribution in [0, 0.1) is 0 Å². The summed E-state index contributed by atoms with van der Waals surface area (Å²) in [5.41, 5.74) is -0.682. The van der Waals surface area contributed by atoms with E-state index >= 15 is 0 Å². The number of benzene rings is 2. The van der Waals surface area contributed by atoms with Gasteiger partial charge >= 0.3 is 18.2 Å². The third-order valence-electron chi connectivity index (χ3n) is 3.08.